The third-order valence-corrected chi connectivity index (χ3v) is 4.43. The Morgan fingerprint density at radius 2 is 2.10 bits per heavy atom. The predicted octanol–water partition coefficient (Wildman–Crippen LogP) is 2.23. The fraction of sp³-hybridized carbons (Fsp3) is 0.250. The zero-order chi connectivity index (χ0) is 21.8. The van der Waals surface area contributed by atoms with Crippen molar-refractivity contribution < 1.29 is 32.6 Å². The molecule has 0 saturated carbocycles. The standard InChI is InChI=1S/C20H19F2N3O5/c1-10-17(20(28)25-14(8-26)19(23)27)13-7-11(4-5-16(13)30-10)29-9-15-12(18(21)22)3-2-6-24-15/h2-7,14,18,26H,8-9H2,1H3,(H2,23,27)(H,25,28). The topological polar surface area (TPSA) is 128 Å². The van der Waals surface area contributed by atoms with Crippen molar-refractivity contribution in [2.75, 3.05) is 6.61 Å². The highest BCUT2D eigenvalue weighted by atomic mass is 19.3. The highest BCUT2D eigenvalue weighted by Crippen LogP contribution is 2.30. The largest absolute Gasteiger partial charge is 0.487 e. The van der Waals surface area contributed by atoms with Crippen molar-refractivity contribution in [3.63, 3.8) is 0 Å². The van der Waals surface area contributed by atoms with Crippen molar-refractivity contribution >= 4 is 22.8 Å². The summed E-state index contributed by atoms with van der Waals surface area (Å²) in [5.41, 5.74) is 5.54. The van der Waals surface area contributed by atoms with Gasteiger partial charge < -0.3 is 25.3 Å². The number of aliphatic hydroxyl groups is 1. The number of rotatable bonds is 8. The van der Waals surface area contributed by atoms with E-state index in [0.717, 1.165) is 0 Å². The summed E-state index contributed by atoms with van der Waals surface area (Å²) in [4.78, 5) is 27.8. The number of furan rings is 1. The van der Waals surface area contributed by atoms with Gasteiger partial charge >= 0.3 is 0 Å². The van der Waals surface area contributed by atoms with Gasteiger partial charge in [0.05, 0.1) is 17.9 Å². The molecule has 30 heavy (non-hydrogen) atoms. The third kappa shape index (κ3) is 4.38. The zero-order valence-electron chi connectivity index (χ0n) is 15.9. The molecule has 3 rings (SSSR count). The number of hydrogen-bond donors (Lipinski definition) is 3. The monoisotopic (exact) mass is 419 g/mol. The maximum Gasteiger partial charge on any atom is 0.265 e. The Hall–Kier alpha value is -3.53. The van der Waals surface area contributed by atoms with E-state index in [-0.39, 0.29) is 29.2 Å². The number of carbonyl (C=O) groups excluding carboxylic acids is 2. The SMILES string of the molecule is Cc1oc2ccc(OCc3ncccc3C(F)F)cc2c1C(=O)NC(CO)C(N)=O. The van der Waals surface area contributed by atoms with Crippen LogP contribution >= 0.6 is 0 Å². The molecule has 0 saturated heterocycles. The number of amides is 2. The van der Waals surface area contributed by atoms with E-state index >= 15 is 0 Å². The molecule has 2 aromatic heterocycles. The van der Waals surface area contributed by atoms with Gasteiger partial charge in [-0.05, 0) is 37.3 Å². The number of fused-ring (bicyclic) bond motifs is 1. The van der Waals surface area contributed by atoms with Gasteiger partial charge in [0, 0.05) is 17.1 Å². The minimum atomic E-state index is -2.68. The Bertz CT molecular complexity index is 1080. The molecule has 4 N–H and O–H groups in total. The number of nitrogens with one attached hydrogen (secondary N) is 1. The van der Waals surface area contributed by atoms with E-state index in [1.54, 1.807) is 19.1 Å². The van der Waals surface area contributed by atoms with E-state index in [4.69, 9.17) is 14.9 Å². The molecule has 0 spiro atoms. The number of aryl methyl sites for hydroxylation is 1. The molecule has 10 heteroatoms. The normalized spacial score (nSPS) is 12.2. The Morgan fingerprint density at radius 1 is 1.33 bits per heavy atom. The molecule has 3 aromatic rings. The first kappa shape index (κ1) is 21.2. The lowest BCUT2D eigenvalue weighted by atomic mass is 10.1. The molecule has 0 fully saturated rings. The first-order valence-electron chi connectivity index (χ1n) is 8.90. The number of nitrogens with zero attached hydrogens (tertiary/aromatic N) is 1. The number of benzene rings is 1. The fourth-order valence-corrected chi connectivity index (χ4v) is 2.93. The van der Waals surface area contributed by atoms with Gasteiger partial charge in [-0.3, -0.25) is 14.6 Å². The number of aromatic nitrogens is 1. The van der Waals surface area contributed by atoms with Gasteiger partial charge in [-0.1, -0.05) is 0 Å². The second kappa shape index (κ2) is 8.87. The third-order valence-electron chi connectivity index (χ3n) is 4.43. The van der Waals surface area contributed by atoms with E-state index < -0.39 is 30.9 Å². The Balaban J connectivity index is 1.86. The lowest BCUT2D eigenvalue weighted by molar-refractivity contribution is -0.120. The van der Waals surface area contributed by atoms with Crippen molar-refractivity contribution in [3.05, 3.63) is 59.1 Å². The van der Waals surface area contributed by atoms with Crippen LogP contribution < -0.4 is 15.8 Å². The number of primary amides is 1. The van der Waals surface area contributed by atoms with Crippen LogP contribution in [0.3, 0.4) is 0 Å². The number of aliphatic hydroxyl groups excluding tert-OH is 1. The number of halogens is 2. The summed E-state index contributed by atoms with van der Waals surface area (Å²) in [6.45, 7) is 0.718. The predicted molar refractivity (Wildman–Crippen MR) is 102 cm³/mol. The summed E-state index contributed by atoms with van der Waals surface area (Å²) in [7, 11) is 0. The summed E-state index contributed by atoms with van der Waals surface area (Å²) < 4.78 is 37.3. The van der Waals surface area contributed by atoms with Gasteiger partial charge in [0.2, 0.25) is 5.91 Å². The van der Waals surface area contributed by atoms with Crippen LogP contribution in [-0.2, 0) is 11.4 Å². The summed E-state index contributed by atoms with van der Waals surface area (Å²) in [6, 6.07) is 6.10. The van der Waals surface area contributed by atoms with Crippen LogP contribution in [0.5, 0.6) is 5.75 Å². The van der Waals surface area contributed by atoms with E-state index in [1.807, 2.05) is 0 Å². The fourth-order valence-electron chi connectivity index (χ4n) is 2.93. The number of pyridine rings is 1. The minimum Gasteiger partial charge on any atom is -0.487 e. The molecule has 0 radical (unpaired) electrons. The Morgan fingerprint density at radius 3 is 2.77 bits per heavy atom. The van der Waals surface area contributed by atoms with E-state index in [2.05, 4.69) is 10.3 Å². The molecule has 1 atom stereocenters. The molecule has 1 unspecified atom stereocenters. The van der Waals surface area contributed by atoms with E-state index in [9.17, 15) is 23.5 Å². The van der Waals surface area contributed by atoms with Crippen molar-refractivity contribution in [1.29, 1.82) is 0 Å². The molecule has 0 aliphatic carbocycles. The molecule has 1 aromatic carbocycles. The summed E-state index contributed by atoms with van der Waals surface area (Å²) >= 11 is 0. The summed E-state index contributed by atoms with van der Waals surface area (Å²) in [6.07, 6.45) is -1.29. The lowest BCUT2D eigenvalue weighted by Crippen LogP contribution is -2.46. The molecular weight excluding hydrogens is 400 g/mol. The number of hydrogen-bond acceptors (Lipinski definition) is 6. The summed E-state index contributed by atoms with van der Waals surface area (Å²) in [5, 5.41) is 11.9. The second-order valence-corrected chi connectivity index (χ2v) is 6.43. The highest BCUT2D eigenvalue weighted by Gasteiger charge is 2.23. The first-order valence-corrected chi connectivity index (χ1v) is 8.90. The van der Waals surface area contributed by atoms with Gasteiger partial charge in [-0.25, -0.2) is 8.78 Å². The quantitative estimate of drug-likeness (QED) is 0.514. The van der Waals surface area contributed by atoms with Gasteiger partial charge in [-0.15, -0.1) is 0 Å². The minimum absolute atomic E-state index is 0.0983. The van der Waals surface area contributed by atoms with Crippen LogP contribution in [0.4, 0.5) is 8.78 Å². The van der Waals surface area contributed by atoms with Crippen LogP contribution in [-0.4, -0.2) is 34.6 Å². The van der Waals surface area contributed by atoms with Crippen LogP contribution in [0.25, 0.3) is 11.0 Å². The van der Waals surface area contributed by atoms with Crippen molar-refractivity contribution in [1.82, 2.24) is 10.3 Å². The maximum absolute atomic E-state index is 13.1. The Labute approximate surface area is 169 Å². The van der Waals surface area contributed by atoms with Crippen molar-refractivity contribution in [2.24, 2.45) is 5.73 Å². The van der Waals surface area contributed by atoms with Gasteiger partial charge in [0.1, 0.15) is 29.7 Å². The Kier molecular flexibility index (Phi) is 6.26. The molecular formula is C20H19F2N3O5. The zero-order valence-corrected chi connectivity index (χ0v) is 15.9. The maximum atomic E-state index is 13.1. The average molecular weight is 419 g/mol. The number of carbonyl (C=O) groups is 2. The second-order valence-electron chi connectivity index (χ2n) is 6.43. The average Bonchev–Trinajstić information content (AvgIpc) is 3.05. The first-order chi connectivity index (χ1) is 14.3. The number of ether oxygens (including phenoxy) is 1. The van der Waals surface area contributed by atoms with Crippen LogP contribution in [0, 0.1) is 6.92 Å². The number of nitrogens with two attached hydrogens (primary N) is 1. The molecule has 2 heterocycles. The molecule has 0 aliphatic rings. The summed E-state index contributed by atoms with van der Waals surface area (Å²) in [5.74, 6) is -0.959. The molecule has 0 aliphatic heterocycles. The van der Waals surface area contributed by atoms with Crippen LogP contribution in [0.1, 0.15) is 33.8 Å². The molecule has 158 valence electrons. The van der Waals surface area contributed by atoms with Gasteiger partial charge in [-0.2, -0.15) is 0 Å². The van der Waals surface area contributed by atoms with Gasteiger partial charge in [0.25, 0.3) is 12.3 Å². The van der Waals surface area contributed by atoms with Crippen molar-refractivity contribution in [2.45, 2.75) is 26.0 Å². The molecule has 8 nitrogen and oxygen atoms in total. The molecule has 0 bridgehead atoms. The van der Waals surface area contributed by atoms with E-state index in [0.29, 0.717) is 16.7 Å². The smallest absolute Gasteiger partial charge is 0.265 e. The van der Waals surface area contributed by atoms with Crippen LogP contribution in [0.15, 0.2) is 40.9 Å². The number of alkyl halides is 2. The molecule has 2 amide bonds. The van der Waals surface area contributed by atoms with Gasteiger partial charge in [0.15, 0.2) is 0 Å². The lowest BCUT2D eigenvalue weighted by Gasteiger charge is -2.12. The van der Waals surface area contributed by atoms with E-state index in [1.165, 1.54) is 24.4 Å². The van der Waals surface area contributed by atoms with Crippen LogP contribution in [0.2, 0.25) is 0 Å². The highest BCUT2D eigenvalue weighted by molar-refractivity contribution is 6.08. The van der Waals surface area contributed by atoms with Crippen molar-refractivity contribution in [3.8, 4) is 5.75 Å².